The van der Waals surface area contributed by atoms with Gasteiger partial charge in [0.25, 0.3) is 11.5 Å². The third kappa shape index (κ3) is 6.34. The van der Waals surface area contributed by atoms with Gasteiger partial charge in [-0.05, 0) is 96.1 Å². The van der Waals surface area contributed by atoms with Crippen molar-refractivity contribution >= 4 is 39.9 Å². The van der Waals surface area contributed by atoms with Crippen LogP contribution in [0, 0.1) is 6.92 Å². The van der Waals surface area contributed by atoms with Gasteiger partial charge in [-0.2, -0.15) is 0 Å². The number of fused-ring (bicyclic) bond motifs is 10. The third-order valence-corrected chi connectivity index (χ3v) is 9.09. The number of carbonyl (C=O) groups is 3. The quantitative estimate of drug-likeness (QED) is 0.276. The molecule has 4 bridgehead atoms. The van der Waals surface area contributed by atoms with Crippen molar-refractivity contribution in [2.75, 3.05) is 30.8 Å². The van der Waals surface area contributed by atoms with Crippen molar-refractivity contribution in [1.82, 2.24) is 14.8 Å². The van der Waals surface area contributed by atoms with Gasteiger partial charge in [0.2, 0.25) is 11.8 Å². The van der Waals surface area contributed by atoms with Crippen LogP contribution in [0.1, 0.15) is 77.2 Å². The second kappa shape index (κ2) is 12.6. The summed E-state index contributed by atoms with van der Waals surface area (Å²) in [6.07, 6.45) is 4.58. The molecule has 0 radical (unpaired) electrons. The molecule has 3 aliphatic rings. The Labute approximate surface area is 262 Å². The molecule has 7 rings (SSSR count). The Morgan fingerprint density at radius 3 is 2.53 bits per heavy atom. The molecule has 0 saturated carbocycles. The summed E-state index contributed by atoms with van der Waals surface area (Å²) in [6, 6.07) is 18.0. The molecule has 3 aromatic carbocycles. The van der Waals surface area contributed by atoms with E-state index in [1.165, 1.54) is 0 Å². The number of carbonyl (C=O) groups excluding carboxylic acids is 3. The molecule has 1 fully saturated rings. The highest BCUT2D eigenvalue weighted by molar-refractivity contribution is 5.98. The number of benzene rings is 3. The van der Waals surface area contributed by atoms with Crippen molar-refractivity contribution < 1.29 is 14.4 Å². The molecule has 0 aliphatic carbocycles. The van der Waals surface area contributed by atoms with E-state index in [0.29, 0.717) is 53.8 Å². The first-order valence-electron chi connectivity index (χ1n) is 15.6. The first-order chi connectivity index (χ1) is 21.7. The number of H-pyrrole nitrogens is 1. The number of anilines is 2. The molecule has 1 unspecified atom stereocenters. The fourth-order valence-corrected chi connectivity index (χ4v) is 6.54. The van der Waals surface area contributed by atoms with Crippen molar-refractivity contribution in [1.29, 1.82) is 0 Å². The van der Waals surface area contributed by atoms with E-state index in [4.69, 9.17) is 0 Å². The first-order valence-corrected chi connectivity index (χ1v) is 15.6. The topological polar surface area (TPSA) is 115 Å². The van der Waals surface area contributed by atoms with Crippen LogP contribution in [-0.4, -0.2) is 52.6 Å². The SMILES string of the molecule is Cc1cc2ccc1C(C)CCC(=O)Nc1ccc(C(=O)N3CCCC3)c(c1)CN(C)C(=O)[C@H]2Nc1ccc2cc[nH]c(=O)c2c1. The lowest BCUT2D eigenvalue weighted by atomic mass is 9.89. The molecule has 1 saturated heterocycles. The lowest BCUT2D eigenvalue weighted by molar-refractivity contribution is -0.131. The van der Waals surface area contributed by atoms with Crippen molar-refractivity contribution in [3.05, 3.63) is 105 Å². The van der Waals surface area contributed by atoms with E-state index in [2.05, 4.69) is 22.5 Å². The number of aryl methyl sites for hydroxylation is 1. The van der Waals surface area contributed by atoms with Gasteiger partial charge in [0.1, 0.15) is 6.04 Å². The number of pyridine rings is 1. The van der Waals surface area contributed by atoms with Crippen LogP contribution in [0.3, 0.4) is 0 Å². The molecule has 0 spiro atoms. The van der Waals surface area contributed by atoms with Gasteiger partial charge >= 0.3 is 0 Å². The maximum absolute atomic E-state index is 14.4. The van der Waals surface area contributed by atoms with Gasteiger partial charge in [0.15, 0.2) is 0 Å². The largest absolute Gasteiger partial charge is 0.370 e. The van der Waals surface area contributed by atoms with Gasteiger partial charge in [-0.15, -0.1) is 0 Å². The fraction of sp³-hybridized carbons (Fsp3) is 0.333. The van der Waals surface area contributed by atoms with E-state index in [1.54, 1.807) is 36.3 Å². The minimum absolute atomic E-state index is 0.0632. The van der Waals surface area contributed by atoms with Crippen LogP contribution in [0.15, 0.2) is 71.7 Å². The highest BCUT2D eigenvalue weighted by Gasteiger charge is 2.28. The second-order valence-corrected chi connectivity index (χ2v) is 12.4. The Hall–Kier alpha value is -4.92. The zero-order valence-electron chi connectivity index (χ0n) is 26.0. The zero-order chi connectivity index (χ0) is 31.7. The number of hydrogen-bond acceptors (Lipinski definition) is 5. The van der Waals surface area contributed by atoms with Crippen LogP contribution in [0.2, 0.25) is 0 Å². The Bertz CT molecular complexity index is 1840. The maximum Gasteiger partial charge on any atom is 0.255 e. The molecule has 1 aromatic heterocycles. The van der Waals surface area contributed by atoms with Gasteiger partial charge in [-0.1, -0.05) is 31.2 Å². The standard InChI is InChI=1S/C36H39N5O4/c1-22-6-13-32(42)38-27-10-12-30(35(44)41-16-4-5-17-41)26(19-27)21-40(3)36(45)33(25-8-11-29(22)23(2)18-25)39-28-9-7-24-14-15-37-34(43)31(24)20-28/h7-12,14-15,18-20,22,33,39H,4-6,13,16-17,21H2,1-3H3,(H,37,43)(H,38,42)/t22?,33-/m0/s1. The van der Waals surface area contributed by atoms with Crippen molar-refractivity contribution in [2.24, 2.45) is 0 Å². The number of nitrogens with one attached hydrogen (secondary N) is 3. The van der Waals surface area contributed by atoms with Gasteiger partial charge in [0.05, 0.1) is 0 Å². The first kappa shape index (κ1) is 30.1. The van der Waals surface area contributed by atoms with Gasteiger partial charge in [-0.3, -0.25) is 19.2 Å². The number of hydrogen-bond donors (Lipinski definition) is 3. The van der Waals surface area contributed by atoms with E-state index in [9.17, 15) is 19.2 Å². The Kier molecular flexibility index (Phi) is 8.43. The molecule has 4 aromatic rings. The van der Waals surface area contributed by atoms with Crippen molar-refractivity contribution in [3.8, 4) is 0 Å². The molecule has 2 atom stereocenters. The Morgan fingerprint density at radius 2 is 1.76 bits per heavy atom. The fourth-order valence-electron chi connectivity index (χ4n) is 6.54. The summed E-state index contributed by atoms with van der Waals surface area (Å²) < 4.78 is 0. The molecule has 3 amide bonds. The van der Waals surface area contributed by atoms with Crippen molar-refractivity contribution in [2.45, 2.75) is 58.0 Å². The Balaban J connectivity index is 1.41. The predicted octanol–water partition coefficient (Wildman–Crippen LogP) is 5.72. The smallest absolute Gasteiger partial charge is 0.255 e. The number of nitrogens with zero attached hydrogens (tertiary/aromatic N) is 2. The lowest BCUT2D eigenvalue weighted by Crippen LogP contribution is -2.36. The summed E-state index contributed by atoms with van der Waals surface area (Å²) in [4.78, 5) is 59.6. The van der Waals surface area contributed by atoms with Crippen LogP contribution in [0.4, 0.5) is 11.4 Å². The third-order valence-electron chi connectivity index (χ3n) is 9.09. The average molecular weight is 606 g/mol. The van der Waals surface area contributed by atoms with Crippen LogP contribution < -0.4 is 16.2 Å². The predicted molar refractivity (Wildman–Crippen MR) is 176 cm³/mol. The van der Waals surface area contributed by atoms with Crippen molar-refractivity contribution in [3.63, 3.8) is 0 Å². The molecule has 45 heavy (non-hydrogen) atoms. The summed E-state index contributed by atoms with van der Waals surface area (Å²) in [5.41, 5.74) is 5.19. The molecular formula is C36H39N5O4. The second-order valence-electron chi connectivity index (χ2n) is 12.4. The van der Waals surface area contributed by atoms with Gasteiger partial charge < -0.3 is 25.4 Å². The monoisotopic (exact) mass is 605 g/mol. The number of likely N-dealkylation sites (N-methyl/N-ethyl adjacent to an activating group) is 1. The maximum atomic E-state index is 14.4. The molecular weight excluding hydrogens is 566 g/mol. The average Bonchev–Trinajstić information content (AvgIpc) is 3.57. The van der Waals surface area contributed by atoms with Crippen LogP contribution >= 0.6 is 0 Å². The normalized spacial score (nSPS) is 19.2. The number of amides is 3. The summed E-state index contributed by atoms with van der Waals surface area (Å²) >= 11 is 0. The van der Waals surface area contributed by atoms with E-state index < -0.39 is 6.04 Å². The van der Waals surface area contributed by atoms with E-state index in [0.717, 1.165) is 34.9 Å². The summed E-state index contributed by atoms with van der Waals surface area (Å²) in [5.74, 6) is -0.216. The lowest BCUT2D eigenvalue weighted by Gasteiger charge is -2.28. The summed E-state index contributed by atoms with van der Waals surface area (Å²) in [6.45, 7) is 5.72. The number of rotatable bonds is 3. The molecule has 9 nitrogen and oxygen atoms in total. The van der Waals surface area contributed by atoms with Gasteiger partial charge in [-0.25, -0.2) is 0 Å². The summed E-state index contributed by atoms with van der Waals surface area (Å²) in [7, 11) is 1.73. The van der Waals surface area contributed by atoms with Crippen LogP contribution in [-0.2, 0) is 16.1 Å². The van der Waals surface area contributed by atoms with E-state index in [-0.39, 0.29) is 35.7 Å². The Morgan fingerprint density at radius 1 is 0.956 bits per heavy atom. The summed E-state index contributed by atoms with van der Waals surface area (Å²) in [5, 5.41) is 7.76. The molecule has 3 N–H and O–H groups in total. The minimum atomic E-state index is -0.758. The van der Waals surface area contributed by atoms with E-state index >= 15 is 0 Å². The minimum Gasteiger partial charge on any atom is -0.370 e. The number of aromatic amines is 1. The van der Waals surface area contributed by atoms with Crippen LogP contribution in [0.5, 0.6) is 0 Å². The molecule has 4 heterocycles. The molecule has 3 aliphatic heterocycles. The molecule has 9 heteroatoms. The highest BCUT2D eigenvalue weighted by atomic mass is 16.2. The highest BCUT2D eigenvalue weighted by Crippen LogP contribution is 2.31. The molecule has 232 valence electrons. The van der Waals surface area contributed by atoms with Crippen LogP contribution in [0.25, 0.3) is 10.8 Å². The number of aromatic nitrogens is 1. The number of likely N-dealkylation sites (tertiary alicyclic amines) is 1. The zero-order valence-corrected chi connectivity index (χ0v) is 26.0. The van der Waals surface area contributed by atoms with Gasteiger partial charge in [0, 0.05) is 61.6 Å². The van der Waals surface area contributed by atoms with E-state index in [1.807, 2.05) is 54.3 Å².